The maximum atomic E-state index is 14.3. The van der Waals surface area contributed by atoms with E-state index < -0.39 is 41.5 Å². The normalized spacial score (nSPS) is 17.5. The van der Waals surface area contributed by atoms with Gasteiger partial charge in [-0.25, -0.2) is 4.79 Å². The maximum Gasteiger partial charge on any atom is 0.408 e. The van der Waals surface area contributed by atoms with Gasteiger partial charge in [-0.3, -0.25) is 14.4 Å². The van der Waals surface area contributed by atoms with Crippen LogP contribution in [0.1, 0.15) is 69.7 Å². The number of ether oxygens (including phenoxy) is 1. The zero-order valence-electron chi connectivity index (χ0n) is 23.7. The van der Waals surface area contributed by atoms with E-state index in [2.05, 4.69) is 16.6 Å². The smallest absolute Gasteiger partial charge is 0.408 e. The van der Waals surface area contributed by atoms with E-state index in [1.165, 1.54) is 4.90 Å². The van der Waals surface area contributed by atoms with Gasteiger partial charge in [-0.05, 0) is 69.7 Å². The lowest BCUT2D eigenvalue weighted by molar-refractivity contribution is -0.142. The summed E-state index contributed by atoms with van der Waals surface area (Å²) in [4.78, 5) is 54.2. The van der Waals surface area contributed by atoms with Crippen LogP contribution in [0.2, 0.25) is 0 Å². The van der Waals surface area contributed by atoms with Gasteiger partial charge < -0.3 is 26.0 Å². The molecular weight excluding hydrogens is 508 g/mol. The second kappa shape index (κ2) is 12.7. The predicted octanol–water partition coefficient (Wildman–Crippen LogP) is 4.05. The average molecular weight is 547 g/mol. The highest BCUT2D eigenvalue weighted by atomic mass is 16.6. The Bertz CT molecular complexity index is 1310. The highest BCUT2D eigenvalue weighted by molar-refractivity contribution is 6.00. The van der Waals surface area contributed by atoms with Gasteiger partial charge in [0.05, 0.1) is 0 Å². The van der Waals surface area contributed by atoms with E-state index in [1.54, 1.807) is 51.1 Å². The summed E-state index contributed by atoms with van der Waals surface area (Å²) in [5.41, 5.74) is 6.97. The molecule has 0 heterocycles. The Balaban J connectivity index is 2.08. The first kappa shape index (κ1) is 30.2. The Morgan fingerprint density at radius 2 is 1.75 bits per heavy atom. The summed E-state index contributed by atoms with van der Waals surface area (Å²) >= 11 is 0. The highest BCUT2D eigenvalue weighted by Crippen LogP contribution is 2.42. The molecule has 0 radical (unpaired) electrons. The molecule has 9 nitrogen and oxygen atoms in total. The molecule has 0 saturated heterocycles. The minimum Gasteiger partial charge on any atom is -0.444 e. The number of aryl methyl sites for hydroxylation is 1. The van der Waals surface area contributed by atoms with Crippen LogP contribution in [0.4, 0.5) is 10.5 Å². The molecule has 0 aromatic heterocycles. The third-order valence-corrected chi connectivity index (χ3v) is 6.69. The van der Waals surface area contributed by atoms with Gasteiger partial charge in [0, 0.05) is 23.7 Å². The third-order valence-electron chi connectivity index (χ3n) is 6.69. The number of carbonyl (C=O) groups excluding carboxylic acids is 4. The van der Waals surface area contributed by atoms with Crippen LogP contribution in [-0.4, -0.2) is 46.4 Å². The quantitative estimate of drug-likeness (QED) is 0.387. The van der Waals surface area contributed by atoms with Crippen molar-refractivity contribution in [3.63, 3.8) is 0 Å². The number of nitrogens with two attached hydrogens (primary N) is 1. The van der Waals surface area contributed by atoms with Gasteiger partial charge in [0.2, 0.25) is 11.8 Å². The molecule has 1 aliphatic carbocycles. The highest BCUT2D eigenvalue weighted by Gasteiger charge is 2.48. The Kier molecular flexibility index (Phi) is 9.59. The van der Waals surface area contributed by atoms with Gasteiger partial charge in [0.25, 0.3) is 5.91 Å². The fourth-order valence-corrected chi connectivity index (χ4v) is 4.54. The summed E-state index contributed by atoms with van der Waals surface area (Å²) < 4.78 is 5.38. The number of terminal acetylenes is 1. The van der Waals surface area contributed by atoms with Crippen molar-refractivity contribution in [2.75, 3.05) is 5.32 Å². The lowest BCUT2D eigenvalue weighted by atomic mass is 9.96. The van der Waals surface area contributed by atoms with E-state index in [9.17, 15) is 19.2 Å². The Morgan fingerprint density at radius 3 is 2.33 bits per heavy atom. The van der Waals surface area contributed by atoms with Crippen molar-refractivity contribution in [1.29, 1.82) is 0 Å². The molecule has 2 aromatic carbocycles. The standard InChI is InChI=1S/C31H38N4O5/c1-7-21-13-9-10-14-22(21)27(28(37)33-23-15-11-8-12-19(23)2)35(25-18-20(25)3)29(38)24(16-17-26(32)36)34-30(39)40-31(4,5)6/h1,8-15,20,24-25,27H,16-18H2,2-6H3,(H2,32,36)(H,33,37)(H,34,39). The van der Waals surface area contributed by atoms with Gasteiger partial charge in [-0.15, -0.1) is 6.42 Å². The molecule has 4 amide bonds. The average Bonchev–Trinajstić information content (AvgIpc) is 3.60. The summed E-state index contributed by atoms with van der Waals surface area (Å²) in [7, 11) is 0. The zero-order valence-corrected chi connectivity index (χ0v) is 23.7. The molecule has 0 bridgehead atoms. The van der Waals surface area contributed by atoms with Crippen molar-refractivity contribution in [3.8, 4) is 12.3 Å². The van der Waals surface area contributed by atoms with Crippen molar-refractivity contribution in [2.24, 2.45) is 11.7 Å². The van der Waals surface area contributed by atoms with Crippen LogP contribution in [0.5, 0.6) is 0 Å². The van der Waals surface area contributed by atoms with Crippen LogP contribution in [0.3, 0.4) is 0 Å². The number of rotatable bonds is 10. The number of amides is 4. The number of nitrogens with zero attached hydrogens (tertiary/aromatic N) is 1. The van der Waals surface area contributed by atoms with Crippen molar-refractivity contribution in [1.82, 2.24) is 10.2 Å². The number of anilines is 1. The van der Waals surface area contributed by atoms with Gasteiger partial charge in [-0.1, -0.05) is 49.2 Å². The lowest BCUT2D eigenvalue weighted by Crippen LogP contribution is -2.53. The largest absolute Gasteiger partial charge is 0.444 e. The maximum absolute atomic E-state index is 14.3. The molecule has 4 atom stereocenters. The van der Waals surface area contributed by atoms with Crippen molar-refractivity contribution in [2.45, 2.75) is 77.6 Å². The molecule has 4 unspecified atom stereocenters. The van der Waals surface area contributed by atoms with Gasteiger partial charge in [0.15, 0.2) is 0 Å². The number of alkyl carbamates (subject to hydrolysis) is 1. The molecule has 212 valence electrons. The summed E-state index contributed by atoms with van der Waals surface area (Å²) in [6.45, 7) is 8.96. The van der Waals surface area contributed by atoms with Crippen LogP contribution in [0, 0.1) is 25.2 Å². The molecule has 9 heteroatoms. The summed E-state index contributed by atoms with van der Waals surface area (Å²) in [5.74, 6) is 1.13. The van der Waals surface area contributed by atoms with E-state index in [1.807, 2.05) is 32.0 Å². The van der Waals surface area contributed by atoms with E-state index in [0.29, 0.717) is 23.2 Å². The van der Waals surface area contributed by atoms with E-state index in [0.717, 1.165) is 5.56 Å². The van der Waals surface area contributed by atoms with E-state index in [4.69, 9.17) is 16.9 Å². The molecular formula is C31H38N4O5. The van der Waals surface area contributed by atoms with Crippen LogP contribution in [-0.2, 0) is 19.1 Å². The number of hydrogen-bond acceptors (Lipinski definition) is 5. The second-order valence-corrected chi connectivity index (χ2v) is 11.2. The van der Waals surface area contributed by atoms with Crippen molar-refractivity contribution >= 4 is 29.5 Å². The Morgan fingerprint density at radius 1 is 1.12 bits per heavy atom. The van der Waals surface area contributed by atoms with Crippen LogP contribution in [0.15, 0.2) is 48.5 Å². The summed E-state index contributed by atoms with van der Waals surface area (Å²) in [6.07, 6.45) is 5.45. The molecule has 0 spiro atoms. The first-order valence-corrected chi connectivity index (χ1v) is 13.3. The number of benzene rings is 2. The molecule has 1 fully saturated rings. The van der Waals surface area contributed by atoms with E-state index >= 15 is 0 Å². The van der Waals surface area contributed by atoms with Gasteiger partial charge in [0.1, 0.15) is 17.7 Å². The Hall–Kier alpha value is -4.32. The monoisotopic (exact) mass is 546 g/mol. The zero-order chi connectivity index (χ0) is 29.6. The fourth-order valence-electron chi connectivity index (χ4n) is 4.54. The molecule has 0 aliphatic heterocycles. The van der Waals surface area contributed by atoms with Gasteiger partial charge in [-0.2, -0.15) is 0 Å². The number of primary amides is 1. The molecule has 4 N–H and O–H groups in total. The summed E-state index contributed by atoms with van der Waals surface area (Å²) in [5, 5.41) is 5.57. The van der Waals surface area contributed by atoms with Gasteiger partial charge >= 0.3 is 6.09 Å². The topological polar surface area (TPSA) is 131 Å². The van der Waals surface area contributed by atoms with Crippen molar-refractivity contribution < 1.29 is 23.9 Å². The lowest BCUT2D eigenvalue weighted by Gasteiger charge is -2.35. The number of para-hydroxylation sites is 1. The molecule has 40 heavy (non-hydrogen) atoms. The SMILES string of the molecule is C#Cc1ccccc1C(C(=O)Nc1ccccc1C)N(C(=O)C(CCC(N)=O)NC(=O)OC(C)(C)C)C1CC1C. The fraction of sp³-hybridized carbons (Fsp3) is 0.419. The van der Waals surface area contributed by atoms with Crippen molar-refractivity contribution in [3.05, 3.63) is 65.2 Å². The molecule has 1 aliphatic rings. The van der Waals surface area contributed by atoms with Crippen LogP contribution >= 0.6 is 0 Å². The second-order valence-electron chi connectivity index (χ2n) is 11.2. The third kappa shape index (κ3) is 7.85. The number of hydrogen-bond donors (Lipinski definition) is 3. The molecule has 2 aromatic rings. The first-order valence-electron chi connectivity index (χ1n) is 13.3. The minimum atomic E-state index is -1.16. The van der Waals surface area contributed by atoms with Crippen LogP contribution < -0.4 is 16.4 Å². The Labute approximate surface area is 235 Å². The molecule has 3 rings (SSSR count). The predicted molar refractivity (Wildman–Crippen MR) is 153 cm³/mol. The molecule has 1 saturated carbocycles. The first-order chi connectivity index (χ1) is 18.8. The number of carbonyl (C=O) groups is 4. The summed E-state index contributed by atoms with van der Waals surface area (Å²) in [6, 6.07) is 11.7. The minimum absolute atomic E-state index is 0.0616. The number of nitrogens with one attached hydrogen (secondary N) is 2. The van der Waals surface area contributed by atoms with E-state index in [-0.39, 0.29) is 24.8 Å². The van der Waals surface area contributed by atoms with Crippen LogP contribution in [0.25, 0.3) is 0 Å².